The third kappa shape index (κ3) is 10.6. The summed E-state index contributed by atoms with van der Waals surface area (Å²) in [5, 5.41) is 20.8. The average molecular weight is 468 g/mol. The molecule has 2 atom stereocenters. The Morgan fingerprint density at radius 1 is 1.09 bits per heavy atom. The molecule has 1 rings (SSSR count). The van der Waals surface area contributed by atoms with E-state index < -0.39 is 42.4 Å². The van der Waals surface area contributed by atoms with Gasteiger partial charge in [0, 0.05) is 17.9 Å². The zero-order valence-corrected chi connectivity index (χ0v) is 19.2. The first kappa shape index (κ1) is 27.4. The van der Waals surface area contributed by atoms with Crippen molar-refractivity contribution in [2.24, 2.45) is 5.73 Å². The van der Waals surface area contributed by atoms with Crippen molar-refractivity contribution >= 4 is 41.2 Å². The Hall–Kier alpha value is -2.59. The zero-order valence-electron chi connectivity index (χ0n) is 18.4. The van der Waals surface area contributed by atoms with Gasteiger partial charge in [-0.1, -0.05) is 44.4 Å². The van der Waals surface area contributed by atoms with Crippen LogP contribution >= 0.6 is 11.8 Å². The number of para-hydroxylation sites is 1. The number of benzene rings is 1. The summed E-state index contributed by atoms with van der Waals surface area (Å²) in [5.74, 6) is -2.32. The predicted molar refractivity (Wildman–Crippen MR) is 125 cm³/mol. The number of hydrogen-bond acceptors (Lipinski definition) is 6. The van der Waals surface area contributed by atoms with Gasteiger partial charge in [-0.2, -0.15) is 11.8 Å². The van der Waals surface area contributed by atoms with Gasteiger partial charge >= 0.3 is 11.9 Å². The maximum Gasteiger partial charge on any atom is 0.323 e. The van der Waals surface area contributed by atoms with Crippen molar-refractivity contribution in [3.8, 4) is 0 Å². The van der Waals surface area contributed by atoms with Gasteiger partial charge in [-0.15, -0.1) is 0 Å². The number of carbonyl (C=O) groups is 4. The second-order valence-electron chi connectivity index (χ2n) is 7.39. The van der Waals surface area contributed by atoms with Crippen molar-refractivity contribution in [1.82, 2.24) is 5.32 Å². The summed E-state index contributed by atoms with van der Waals surface area (Å²) in [6, 6.07) is 6.29. The Bertz CT molecular complexity index is 746. The molecule has 0 aliphatic heterocycles. The van der Waals surface area contributed by atoms with E-state index in [1.165, 1.54) is 11.8 Å². The normalized spacial score (nSPS) is 12.6. The van der Waals surface area contributed by atoms with Crippen LogP contribution in [0.5, 0.6) is 0 Å². The average Bonchev–Trinajstić information content (AvgIpc) is 2.77. The van der Waals surface area contributed by atoms with Gasteiger partial charge in [0.25, 0.3) is 5.91 Å². The lowest BCUT2D eigenvalue weighted by Crippen LogP contribution is -2.51. The fraction of sp³-hybridized carbons (Fsp3) is 0.545. The summed E-state index contributed by atoms with van der Waals surface area (Å²) in [7, 11) is 0. The van der Waals surface area contributed by atoms with Crippen LogP contribution < -0.4 is 16.0 Å². The van der Waals surface area contributed by atoms with E-state index in [2.05, 4.69) is 12.2 Å². The third-order valence-corrected chi connectivity index (χ3v) is 5.83. The highest BCUT2D eigenvalue weighted by Crippen LogP contribution is 2.17. The van der Waals surface area contributed by atoms with Crippen molar-refractivity contribution in [2.45, 2.75) is 57.5 Å². The second kappa shape index (κ2) is 15.3. The molecule has 1 aromatic carbocycles. The summed E-state index contributed by atoms with van der Waals surface area (Å²) < 4.78 is 0. The quantitative estimate of drug-likeness (QED) is 0.270. The van der Waals surface area contributed by atoms with Crippen LogP contribution in [0.25, 0.3) is 0 Å². The molecule has 9 nitrogen and oxygen atoms in total. The predicted octanol–water partition coefficient (Wildman–Crippen LogP) is 2.09. The van der Waals surface area contributed by atoms with Crippen LogP contribution in [-0.4, -0.2) is 64.1 Å². The number of aliphatic carboxylic acids is 2. The molecule has 0 heterocycles. The fourth-order valence-corrected chi connectivity index (χ4v) is 3.95. The lowest BCUT2D eigenvalue weighted by molar-refractivity contribution is -0.139. The van der Waals surface area contributed by atoms with Crippen LogP contribution in [0.3, 0.4) is 0 Å². The Kier molecular flexibility index (Phi) is 13.1. The number of hydrogen-bond donors (Lipinski definition) is 4. The molecule has 5 N–H and O–H groups in total. The van der Waals surface area contributed by atoms with Gasteiger partial charge in [-0.3, -0.25) is 24.1 Å². The summed E-state index contributed by atoms with van der Waals surface area (Å²) in [4.78, 5) is 49.0. The maximum atomic E-state index is 13.2. The molecule has 0 aliphatic rings. The van der Waals surface area contributed by atoms with Crippen molar-refractivity contribution < 1.29 is 29.4 Å². The Morgan fingerprint density at radius 3 is 2.38 bits per heavy atom. The first-order valence-corrected chi connectivity index (χ1v) is 11.8. The zero-order chi connectivity index (χ0) is 23.9. The van der Waals surface area contributed by atoms with Crippen LogP contribution in [-0.2, 0) is 19.2 Å². The van der Waals surface area contributed by atoms with E-state index >= 15 is 0 Å². The van der Waals surface area contributed by atoms with Gasteiger partial charge in [0.15, 0.2) is 0 Å². The molecular weight excluding hydrogens is 434 g/mol. The number of nitrogens with one attached hydrogen (secondary N) is 1. The lowest BCUT2D eigenvalue weighted by atomic mass is 10.1. The van der Waals surface area contributed by atoms with Crippen molar-refractivity contribution in [1.29, 1.82) is 0 Å². The molecule has 10 heteroatoms. The van der Waals surface area contributed by atoms with Gasteiger partial charge < -0.3 is 21.3 Å². The monoisotopic (exact) mass is 467 g/mol. The summed E-state index contributed by atoms with van der Waals surface area (Å²) in [5.41, 5.74) is 5.87. The number of carboxylic acid groups (broad SMARTS) is 2. The van der Waals surface area contributed by atoms with Crippen molar-refractivity contribution in [3.05, 3.63) is 30.3 Å². The molecule has 0 aliphatic carbocycles. The molecule has 0 saturated heterocycles. The Morgan fingerprint density at radius 2 is 1.78 bits per heavy atom. The SMILES string of the molecule is CCCCCCSCC(NC(=O)CCC(N)C(=O)O)C(=O)N(CC(=O)O)c1ccccc1. The molecule has 0 radical (unpaired) electrons. The molecule has 32 heavy (non-hydrogen) atoms. The van der Waals surface area contributed by atoms with Gasteiger partial charge in [-0.05, 0) is 30.7 Å². The van der Waals surface area contributed by atoms with E-state index in [9.17, 15) is 24.3 Å². The van der Waals surface area contributed by atoms with Crippen LogP contribution in [0.2, 0.25) is 0 Å². The molecule has 2 amide bonds. The first-order chi connectivity index (χ1) is 15.3. The number of carboxylic acids is 2. The second-order valence-corrected chi connectivity index (χ2v) is 8.54. The van der Waals surface area contributed by atoms with Gasteiger partial charge in [-0.25, -0.2) is 0 Å². The number of rotatable bonds is 16. The lowest BCUT2D eigenvalue weighted by Gasteiger charge is -2.27. The molecular formula is C22H33N3O6S. The minimum atomic E-state index is -1.20. The third-order valence-electron chi connectivity index (χ3n) is 4.69. The highest BCUT2D eigenvalue weighted by atomic mass is 32.2. The number of nitrogens with two attached hydrogens (primary N) is 1. The van der Waals surface area contributed by atoms with Crippen LogP contribution in [0.4, 0.5) is 5.69 Å². The fourth-order valence-electron chi connectivity index (χ4n) is 2.91. The molecule has 1 aromatic rings. The number of thioether (sulfide) groups is 1. The molecule has 0 spiro atoms. The molecule has 0 fully saturated rings. The van der Waals surface area contributed by atoms with E-state index in [0.29, 0.717) is 5.69 Å². The number of anilines is 1. The van der Waals surface area contributed by atoms with E-state index in [-0.39, 0.29) is 18.6 Å². The minimum Gasteiger partial charge on any atom is -0.480 e. The van der Waals surface area contributed by atoms with Gasteiger partial charge in [0.1, 0.15) is 18.6 Å². The van der Waals surface area contributed by atoms with E-state index in [0.717, 1.165) is 36.3 Å². The van der Waals surface area contributed by atoms with Crippen LogP contribution in [0.1, 0.15) is 45.4 Å². The Balaban J connectivity index is 2.89. The van der Waals surface area contributed by atoms with E-state index in [4.69, 9.17) is 10.8 Å². The summed E-state index contributed by atoms with van der Waals surface area (Å²) >= 11 is 1.51. The topological polar surface area (TPSA) is 150 Å². The highest BCUT2D eigenvalue weighted by molar-refractivity contribution is 7.99. The molecule has 0 saturated carbocycles. The number of unbranched alkanes of at least 4 members (excludes halogenated alkanes) is 3. The standard InChI is InChI=1S/C22H33N3O6S/c1-2-3-4-8-13-32-15-18(24-19(26)12-11-17(23)22(30)31)21(29)25(14-20(27)28)16-9-6-5-7-10-16/h5-7,9-10,17-18H,2-4,8,11-15,23H2,1H3,(H,24,26)(H,27,28)(H,30,31). The van der Waals surface area contributed by atoms with Gasteiger partial charge in [0.2, 0.25) is 5.91 Å². The maximum absolute atomic E-state index is 13.2. The summed E-state index contributed by atoms with van der Waals surface area (Å²) in [6.45, 7) is 1.58. The van der Waals surface area contributed by atoms with Crippen molar-refractivity contribution in [3.63, 3.8) is 0 Å². The van der Waals surface area contributed by atoms with E-state index in [1.54, 1.807) is 30.3 Å². The minimum absolute atomic E-state index is 0.0657. The molecule has 178 valence electrons. The van der Waals surface area contributed by atoms with Gasteiger partial charge in [0.05, 0.1) is 0 Å². The first-order valence-electron chi connectivity index (χ1n) is 10.7. The largest absolute Gasteiger partial charge is 0.480 e. The molecule has 0 bridgehead atoms. The van der Waals surface area contributed by atoms with E-state index in [1.807, 2.05) is 0 Å². The molecule has 2 unspecified atom stereocenters. The Labute approximate surface area is 192 Å². The number of amides is 2. The van der Waals surface area contributed by atoms with Crippen molar-refractivity contribution in [2.75, 3.05) is 23.0 Å². The van der Waals surface area contributed by atoms with Crippen LogP contribution in [0, 0.1) is 0 Å². The summed E-state index contributed by atoms with van der Waals surface area (Å²) in [6.07, 6.45) is 4.09. The smallest absolute Gasteiger partial charge is 0.323 e. The number of nitrogens with zero attached hydrogens (tertiary/aromatic N) is 1. The number of carbonyl (C=O) groups excluding carboxylic acids is 2. The highest BCUT2D eigenvalue weighted by Gasteiger charge is 2.28. The van der Waals surface area contributed by atoms with Crippen LogP contribution in [0.15, 0.2) is 30.3 Å². The molecule has 0 aromatic heterocycles.